The Bertz CT molecular complexity index is 248. The predicted molar refractivity (Wildman–Crippen MR) is 51.6 cm³/mol. The molecular weight excluding hydrogens is 182 g/mol. The van der Waals surface area contributed by atoms with E-state index in [0.29, 0.717) is 6.42 Å². The van der Waals surface area contributed by atoms with Crippen LogP contribution in [0.1, 0.15) is 39.0 Å². The molecule has 0 spiro atoms. The van der Waals surface area contributed by atoms with Gasteiger partial charge in [-0.05, 0) is 24.8 Å². The summed E-state index contributed by atoms with van der Waals surface area (Å²) in [7, 11) is 0. The van der Waals surface area contributed by atoms with E-state index >= 15 is 0 Å². The second-order valence-corrected chi connectivity index (χ2v) is 3.44. The minimum atomic E-state index is -0.213. The zero-order valence-corrected chi connectivity index (χ0v) is 8.35. The van der Waals surface area contributed by atoms with Crippen molar-refractivity contribution in [1.82, 2.24) is 0 Å². The van der Waals surface area contributed by atoms with Crippen LogP contribution in [-0.4, -0.2) is 18.1 Å². The van der Waals surface area contributed by atoms with Gasteiger partial charge in [0.1, 0.15) is 6.10 Å². The van der Waals surface area contributed by atoms with E-state index in [9.17, 15) is 4.79 Å². The van der Waals surface area contributed by atoms with Gasteiger partial charge in [-0.2, -0.15) is 0 Å². The summed E-state index contributed by atoms with van der Waals surface area (Å²) in [5.74, 6) is -0.213. The SMILES string of the molecule is CCC(=O)O[C@@H]1CCCC[C@H]1N=[N+]=[N-]. The molecule has 78 valence electrons. The molecule has 1 saturated carbocycles. The molecular formula is C9H15N3O2. The van der Waals surface area contributed by atoms with E-state index in [2.05, 4.69) is 10.0 Å². The van der Waals surface area contributed by atoms with Crippen molar-refractivity contribution in [1.29, 1.82) is 0 Å². The largest absolute Gasteiger partial charge is 0.462 e. The highest BCUT2D eigenvalue weighted by atomic mass is 16.5. The number of hydrogen-bond acceptors (Lipinski definition) is 3. The summed E-state index contributed by atoms with van der Waals surface area (Å²) < 4.78 is 5.20. The van der Waals surface area contributed by atoms with E-state index in [1.165, 1.54) is 0 Å². The van der Waals surface area contributed by atoms with Gasteiger partial charge in [0.05, 0.1) is 6.04 Å². The standard InChI is InChI=1S/C9H15N3O2/c1-2-9(13)14-8-6-4-3-5-7(8)11-12-10/h7-8H,2-6H2,1H3/t7-,8-/m1/s1. The normalized spacial score (nSPS) is 26.4. The van der Waals surface area contributed by atoms with Crippen molar-refractivity contribution >= 4 is 5.97 Å². The fourth-order valence-corrected chi connectivity index (χ4v) is 1.67. The van der Waals surface area contributed by atoms with Crippen molar-refractivity contribution < 1.29 is 9.53 Å². The van der Waals surface area contributed by atoms with Crippen molar-refractivity contribution in [3.05, 3.63) is 10.4 Å². The van der Waals surface area contributed by atoms with Crippen molar-refractivity contribution in [2.45, 2.75) is 51.2 Å². The lowest BCUT2D eigenvalue weighted by Crippen LogP contribution is -2.32. The van der Waals surface area contributed by atoms with E-state index in [1.807, 2.05) is 0 Å². The summed E-state index contributed by atoms with van der Waals surface area (Å²) in [4.78, 5) is 13.8. The monoisotopic (exact) mass is 197 g/mol. The molecule has 5 heteroatoms. The molecule has 1 aliphatic rings. The van der Waals surface area contributed by atoms with Crippen LogP contribution in [0.5, 0.6) is 0 Å². The van der Waals surface area contributed by atoms with Crippen molar-refractivity contribution in [3.63, 3.8) is 0 Å². The average Bonchev–Trinajstić information content (AvgIpc) is 2.21. The number of azide groups is 1. The fraction of sp³-hybridized carbons (Fsp3) is 0.889. The third-order valence-corrected chi connectivity index (χ3v) is 2.44. The summed E-state index contributed by atoms with van der Waals surface area (Å²) in [5.41, 5.74) is 8.35. The molecule has 0 heterocycles. The lowest BCUT2D eigenvalue weighted by molar-refractivity contribution is -0.151. The molecule has 1 rings (SSSR count). The lowest BCUT2D eigenvalue weighted by Gasteiger charge is -2.27. The third-order valence-electron chi connectivity index (χ3n) is 2.44. The molecule has 0 unspecified atom stereocenters. The topological polar surface area (TPSA) is 75.1 Å². The van der Waals surface area contributed by atoms with Gasteiger partial charge in [-0.1, -0.05) is 18.5 Å². The van der Waals surface area contributed by atoms with Crippen LogP contribution in [0.25, 0.3) is 10.4 Å². The molecule has 0 radical (unpaired) electrons. The summed E-state index contributed by atoms with van der Waals surface area (Å²) in [6.45, 7) is 1.76. The van der Waals surface area contributed by atoms with E-state index in [1.54, 1.807) is 6.92 Å². The molecule has 0 saturated heterocycles. The zero-order valence-electron chi connectivity index (χ0n) is 8.35. The van der Waals surface area contributed by atoms with Gasteiger partial charge in [0.15, 0.2) is 0 Å². The summed E-state index contributed by atoms with van der Waals surface area (Å²) >= 11 is 0. The van der Waals surface area contributed by atoms with E-state index < -0.39 is 0 Å². The van der Waals surface area contributed by atoms with Gasteiger partial charge < -0.3 is 4.74 Å². The van der Waals surface area contributed by atoms with Gasteiger partial charge in [-0.3, -0.25) is 4.79 Å². The Hall–Kier alpha value is -1.22. The first-order chi connectivity index (χ1) is 6.77. The minimum absolute atomic E-state index is 0.163. The maximum atomic E-state index is 11.1. The molecule has 2 atom stereocenters. The highest BCUT2D eigenvalue weighted by molar-refractivity contribution is 5.69. The van der Waals surface area contributed by atoms with Crippen LogP contribution in [0.4, 0.5) is 0 Å². The highest BCUT2D eigenvalue weighted by Crippen LogP contribution is 2.24. The van der Waals surface area contributed by atoms with Gasteiger partial charge in [0, 0.05) is 11.3 Å². The highest BCUT2D eigenvalue weighted by Gasteiger charge is 2.26. The first-order valence-corrected chi connectivity index (χ1v) is 5.01. The molecule has 1 fully saturated rings. The van der Waals surface area contributed by atoms with Crippen molar-refractivity contribution in [2.75, 3.05) is 0 Å². The molecule has 14 heavy (non-hydrogen) atoms. The van der Waals surface area contributed by atoms with Crippen molar-refractivity contribution in [2.24, 2.45) is 5.11 Å². The quantitative estimate of drug-likeness (QED) is 0.302. The third kappa shape index (κ3) is 2.92. The van der Waals surface area contributed by atoms with Crippen LogP contribution in [-0.2, 0) is 9.53 Å². The van der Waals surface area contributed by atoms with Crippen LogP contribution >= 0.6 is 0 Å². The number of ether oxygens (including phenoxy) is 1. The number of carbonyl (C=O) groups is 1. The summed E-state index contributed by atoms with van der Waals surface area (Å²) in [6, 6.07) is -0.163. The Labute approximate surface area is 83.1 Å². The molecule has 0 aromatic rings. The van der Waals surface area contributed by atoms with Gasteiger partial charge >= 0.3 is 5.97 Å². The van der Waals surface area contributed by atoms with E-state index in [-0.39, 0.29) is 18.1 Å². The van der Waals surface area contributed by atoms with Gasteiger partial charge in [-0.25, -0.2) is 0 Å². The van der Waals surface area contributed by atoms with Crippen molar-refractivity contribution in [3.8, 4) is 0 Å². The lowest BCUT2D eigenvalue weighted by atomic mass is 9.93. The molecule has 0 aromatic carbocycles. The molecule has 0 aliphatic heterocycles. The van der Waals surface area contributed by atoms with Gasteiger partial charge in [-0.15, -0.1) is 0 Å². The average molecular weight is 197 g/mol. The van der Waals surface area contributed by atoms with E-state index in [4.69, 9.17) is 10.3 Å². The second-order valence-electron chi connectivity index (χ2n) is 3.44. The van der Waals surface area contributed by atoms with Crippen LogP contribution in [0, 0.1) is 0 Å². The Kier molecular flexibility index (Phi) is 4.26. The molecule has 0 N–H and O–H groups in total. The van der Waals surface area contributed by atoms with Crippen LogP contribution in [0.15, 0.2) is 5.11 Å². The van der Waals surface area contributed by atoms with Crippen LogP contribution in [0.3, 0.4) is 0 Å². The van der Waals surface area contributed by atoms with Gasteiger partial charge in [0.25, 0.3) is 0 Å². The predicted octanol–water partition coefficient (Wildman–Crippen LogP) is 2.56. The van der Waals surface area contributed by atoms with Crippen LogP contribution < -0.4 is 0 Å². The van der Waals surface area contributed by atoms with Crippen LogP contribution in [0.2, 0.25) is 0 Å². The Morgan fingerprint density at radius 3 is 2.93 bits per heavy atom. The van der Waals surface area contributed by atoms with Gasteiger partial charge in [0.2, 0.25) is 0 Å². The number of rotatable bonds is 3. The maximum absolute atomic E-state index is 11.1. The molecule has 0 amide bonds. The maximum Gasteiger partial charge on any atom is 0.305 e. The minimum Gasteiger partial charge on any atom is -0.462 e. The molecule has 5 nitrogen and oxygen atoms in total. The molecule has 0 bridgehead atoms. The fourth-order valence-electron chi connectivity index (χ4n) is 1.67. The van der Waals surface area contributed by atoms with E-state index in [0.717, 1.165) is 25.7 Å². The smallest absolute Gasteiger partial charge is 0.305 e. The Morgan fingerprint density at radius 1 is 1.57 bits per heavy atom. The molecule has 1 aliphatic carbocycles. The number of esters is 1. The summed E-state index contributed by atoms with van der Waals surface area (Å²) in [6.07, 6.45) is 3.90. The number of carbonyl (C=O) groups excluding carboxylic acids is 1. The Balaban J connectivity index is 2.53. The number of hydrogen-bond donors (Lipinski definition) is 0. The first kappa shape index (κ1) is 10.9. The Morgan fingerprint density at radius 2 is 2.29 bits per heavy atom. The second kappa shape index (κ2) is 5.50. The first-order valence-electron chi connectivity index (χ1n) is 5.01. The zero-order chi connectivity index (χ0) is 10.4. The summed E-state index contributed by atoms with van der Waals surface area (Å²) in [5, 5.41) is 3.66. The number of nitrogens with zero attached hydrogens (tertiary/aromatic N) is 3. The molecule has 0 aromatic heterocycles.